The van der Waals surface area contributed by atoms with E-state index in [4.69, 9.17) is 39.4 Å². The lowest BCUT2D eigenvalue weighted by Crippen LogP contribution is -2.10. The van der Waals surface area contributed by atoms with Crippen LogP contribution in [0.5, 0.6) is 23.0 Å². The molecule has 0 atom stereocenters. The molecule has 0 aliphatic carbocycles. The Morgan fingerprint density at radius 3 is 2.18 bits per heavy atom. The predicted molar refractivity (Wildman–Crippen MR) is 140 cm³/mol. The second-order valence-electron chi connectivity index (χ2n) is 8.07. The Morgan fingerprint density at radius 1 is 0.763 bits per heavy atom. The van der Waals surface area contributed by atoms with E-state index >= 15 is 0 Å². The minimum atomic E-state index is -0.714. The Balaban J connectivity index is 1.55. The number of hydrogen-bond acceptors (Lipinski definition) is 9. The van der Waals surface area contributed by atoms with Crippen molar-refractivity contribution in [3.8, 4) is 34.1 Å². The number of ether oxygens (including phenoxy) is 4. The maximum atomic E-state index is 12.9. The molecule has 0 aliphatic rings. The Kier molecular flexibility index (Phi) is 6.52. The van der Waals surface area contributed by atoms with E-state index in [2.05, 4.69) is 0 Å². The van der Waals surface area contributed by atoms with Crippen molar-refractivity contribution in [1.29, 1.82) is 0 Å². The molecule has 192 valence electrons. The van der Waals surface area contributed by atoms with Crippen LogP contribution in [0.15, 0.2) is 79.1 Å². The van der Waals surface area contributed by atoms with E-state index in [0.29, 0.717) is 32.7 Å². The van der Waals surface area contributed by atoms with Gasteiger partial charge in [-0.1, -0.05) is 11.6 Å². The zero-order valence-corrected chi connectivity index (χ0v) is 21.1. The number of rotatable bonds is 6. The standard InChI is InChI=1S/C28H19ClO9/c1-33-23-10-15(11-24(34-2)26(23)35-3)27(31)36-17-5-6-18-19(13-25(30)37-22(18)12-17)20-9-14-8-16(29)4-7-21(14)38-28(20)32/h4-13H,1-3H3. The molecule has 3 aromatic carbocycles. The molecule has 0 spiro atoms. The summed E-state index contributed by atoms with van der Waals surface area (Å²) in [5, 5.41) is 1.49. The third-order valence-corrected chi connectivity index (χ3v) is 6.05. The molecule has 0 bridgehead atoms. The van der Waals surface area contributed by atoms with E-state index in [1.54, 1.807) is 30.3 Å². The van der Waals surface area contributed by atoms with Gasteiger partial charge in [-0.2, -0.15) is 0 Å². The highest BCUT2D eigenvalue weighted by Crippen LogP contribution is 2.38. The van der Waals surface area contributed by atoms with Crippen LogP contribution in [0.25, 0.3) is 33.1 Å². The van der Waals surface area contributed by atoms with Gasteiger partial charge >= 0.3 is 17.2 Å². The van der Waals surface area contributed by atoms with Crippen LogP contribution in [0.1, 0.15) is 10.4 Å². The monoisotopic (exact) mass is 534 g/mol. The topological polar surface area (TPSA) is 114 Å². The molecular formula is C28H19ClO9. The van der Waals surface area contributed by atoms with Crippen LogP contribution in [0, 0.1) is 0 Å². The molecule has 10 heteroatoms. The van der Waals surface area contributed by atoms with Gasteiger partial charge in [0.05, 0.1) is 32.5 Å². The summed E-state index contributed by atoms with van der Waals surface area (Å²) in [7, 11) is 4.31. The highest BCUT2D eigenvalue weighted by molar-refractivity contribution is 6.31. The third-order valence-electron chi connectivity index (χ3n) is 5.81. The average Bonchev–Trinajstić information content (AvgIpc) is 2.91. The molecule has 2 aromatic heterocycles. The van der Waals surface area contributed by atoms with Gasteiger partial charge in [-0.25, -0.2) is 14.4 Å². The molecule has 0 saturated carbocycles. The number of hydrogen-bond donors (Lipinski definition) is 0. The van der Waals surface area contributed by atoms with Crippen LogP contribution >= 0.6 is 11.6 Å². The van der Waals surface area contributed by atoms with Gasteiger partial charge in [0.2, 0.25) is 5.75 Å². The summed E-state index contributed by atoms with van der Waals surface area (Å²) in [5.74, 6) is 0.280. The lowest BCUT2D eigenvalue weighted by Gasteiger charge is -2.14. The molecule has 38 heavy (non-hydrogen) atoms. The maximum absolute atomic E-state index is 12.9. The number of halogens is 1. The highest BCUT2D eigenvalue weighted by atomic mass is 35.5. The van der Waals surface area contributed by atoms with Crippen LogP contribution < -0.4 is 30.2 Å². The second kappa shape index (κ2) is 9.95. The van der Waals surface area contributed by atoms with Gasteiger partial charge in [-0.05, 0) is 48.5 Å². The molecule has 0 N–H and O–H groups in total. The number of esters is 1. The summed E-state index contributed by atoms with van der Waals surface area (Å²) < 4.78 is 32.1. The summed E-state index contributed by atoms with van der Waals surface area (Å²) in [6, 6.07) is 15.0. The van der Waals surface area contributed by atoms with Crippen molar-refractivity contribution >= 4 is 39.5 Å². The lowest BCUT2D eigenvalue weighted by molar-refractivity contribution is 0.0734. The Bertz CT molecular complexity index is 1810. The predicted octanol–water partition coefficient (Wildman–Crippen LogP) is 5.46. The van der Waals surface area contributed by atoms with Crippen molar-refractivity contribution in [1.82, 2.24) is 0 Å². The minimum Gasteiger partial charge on any atom is -0.493 e. The van der Waals surface area contributed by atoms with Gasteiger partial charge in [0.15, 0.2) is 11.5 Å². The van der Waals surface area contributed by atoms with E-state index in [1.165, 1.54) is 51.7 Å². The van der Waals surface area contributed by atoms with Gasteiger partial charge < -0.3 is 27.8 Å². The van der Waals surface area contributed by atoms with Crippen molar-refractivity contribution < 1.29 is 32.6 Å². The molecular weight excluding hydrogens is 516 g/mol. The van der Waals surface area contributed by atoms with Crippen molar-refractivity contribution in [3.63, 3.8) is 0 Å². The summed E-state index contributed by atoms with van der Waals surface area (Å²) in [4.78, 5) is 38.1. The molecule has 0 unspecified atom stereocenters. The van der Waals surface area contributed by atoms with Gasteiger partial charge in [-0.3, -0.25) is 0 Å². The van der Waals surface area contributed by atoms with Crippen LogP contribution in [0.4, 0.5) is 0 Å². The van der Waals surface area contributed by atoms with Crippen LogP contribution in [-0.2, 0) is 0 Å². The first-order valence-corrected chi connectivity index (χ1v) is 11.5. The van der Waals surface area contributed by atoms with Gasteiger partial charge in [0, 0.05) is 33.5 Å². The van der Waals surface area contributed by atoms with Crippen molar-refractivity contribution in [2.75, 3.05) is 21.3 Å². The third kappa shape index (κ3) is 4.55. The number of carbonyl (C=O) groups is 1. The summed E-state index contributed by atoms with van der Waals surface area (Å²) in [5.41, 5.74) is -0.281. The summed E-state index contributed by atoms with van der Waals surface area (Å²) in [6.07, 6.45) is 0. The van der Waals surface area contributed by atoms with E-state index in [-0.39, 0.29) is 34.0 Å². The molecule has 0 amide bonds. The zero-order chi connectivity index (χ0) is 27.0. The number of carbonyl (C=O) groups excluding carboxylic acids is 1. The quantitative estimate of drug-likeness (QED) is 0.159. The first kappa shape index (κ1) is 24.9. The van der Waals surface area contributed by atoms with Crippen molar-refractivity contribution in [3.05, 3.63) is 92.1 Å². The molecule has 5 rings (SSSR count). The number of methoxy groups -OCH3 is 3. The first-order chi connectivity index (χ1) is 18.3. The van der Waals surface area contributed by atoms with Crippen molar-refractivity contribution in [2.45, 2.75) is 0 Å². The maximum Gasteiger partial charge on any atom is 0.344 e. The second-order valence-corrected chi connectivity index (χ2v) is 8.51. The smallest absolute Gasteiger partial charge is 0.344 e. The molecule has 9 nitrogen and oxygen atoms in total. The zero-order valence-electron chi connectivity index (χ0n) is 20.3. The lowest BCUT2D eigenvalue weighted by atomic mass is 10.0. The highest BCUT2D eigenvalue weighted by Gasteiger charge is 2.20. The summed E-state index contributed by atoms with van der Waals surface area (Å²) >= 11 is 6.08. The first-order valence-electron chi connectivity index (χ1n) is 11.1. The molecule has 0 fully saturated rings. The molecule has 0 radical (unpaired) electrons. The minimum absolute atomic E-state index is 0.105. The molecule has 0 aliphatic heterocycles. The normalized spacial score (nSPS) is 10.9. The Hall–Kier alpha value is -4.76. The fraction of sp³-hybridized carbons (Fsp3) is 0.107. The van der Waals surface area contributed by atoms with Crippen LogP contribution in [0.3, 0.4) is 0 Å². The average molecular weight is 535 g/mol. The van der Waals surface area contributed by atoms with E-state index in [1.807, 2.05) is 0 Å². The fourth-order valence-electron chi connectivity index (χ4n) is 4.08. The van der Waals surface area contributed by atoms with Crippen LogP contribution in [-0.4, -0.2) is 27.3 Å². The van der Waals surface area contributed by atoms with E-state index < -0.39 is 17.2 Å². The molecule has 0 saturated heterocycles. The number of benzene rings is 3. The molecule has 2 heterocycles. The Morgan fingerprint density at radius 2 is 1.50 bits per heavy atom. The van der Waals surface area contributed by atoms with Crippen molar-refractivity contribution in [2.24, 2.45) is 0 Å². The van der Waals surface area contributed by atoms with E-state index in [9.17, 15) is 14.4 Å². The van der Waals surface area contributed by atoms with Crippen LogP contribution in [0.2, 0.25) is 5.02 Å². The van der Waals surface area contributed by atoms with Gasteiger partial charge in [-0.15, -0.1) is 0 Å². The van der Waals surface area contributed by atoms with E-state index in [0.717, 1.165) is 0 Å². The fourth-order valence-corrected chi connectivity index (χ4v) is 4.26. The summed E-state index contributed by atoms with van der Waals surface area (Å²) in [6.45, 7) is 0. The SMILES string of the molecule is COc1cc(C(=O)Oc2ccc3c(-c4cc5cc(Cl)ccc5oc4=O)cc(=O)oc3c2)cc(OC)c1OC. The number of fused-ring (bicyclic) bond motifs is 2. The van der Waals surface area contributed by atoms with Gasteiger partial charge in [0.25, 0.3) is 0 Å². The largest absolute Gasteiger partial charge is 0.493 e. The van der Waals surface area contributed by atoms with Gasteiger partial charge in [0.1, 0.15) is 16.9 Å². The Labute approximate surface area is 219 Å². The molecule has 5 aromatic rings.